The van der Waals surface area contributed by atoms with Crippen LogP contribution in [0.4, 0.5) is 4.39 Å². The van der Waals surface area contributed by atoms with Crippen LogP contribution in [0.5, 0.6) is 5.75 Å². The van der Waals surface area contributed by atoms with Gasteiger partial charge < -0.3 is 19.5 Å². The maximum absolute atomic E-state index is 13.3. The van der Waals surface area contributed by atoms with Crippen LogP contribution in [-0.4, -0.2) is 31.8 Å². The number of aromatic amines is 1. The zero-order chi connectivity index (χ0) is 21.5. The summed E-state index contributed by atoms with van der Waals surface area (Å²) >= 11 is 5.13. The maximum Gasteiger partial charge on any atom is 0.402 e. The summed E-state index contributed by atoms with van der Waals surface area (Å²) in [5, 5.41) is 20.8. The molecule has 2 aromatic rings. The molecule has 30 heavy (non-hydrogen) atoms. The van der Waals surface area contributed by atoms with Crippen LogP contribution in [0.3, 0.4) is 0 Å². The van der Waals surface area contributed by atoms with Gasteiger partial charge in [-0.15, -0.1) is 6.42 Å². The maximum atomic E-state index is 13.3. The van der Waals surface area contributed by atoms with Crippen LogP contribution in [0.1, 0.15) is 30.2 Å². The molecular formula is C18H16FN2O7PS. The van der Waals surface area contributed by atoms with Crippen molar-refractivity contribution in [1.82, 2.24) is 9.55 Å². The number of nitrogens with one attached hydrogen (secondary N) is 1. The van der Waals surface area contributed by atoms with Gasteiger partial charge in [-0.05, 0) is 43.3 Å². The topological polar surface area (TPSA) is 115 Å². The van der Waals surface area contributed by atoms with Gasteiger partial charge in [-0.25, -0.2) is 8.91 Å². The van der Waals surface area contributed by atoms with Crippen LogP contribution in [-0.2, 0) is 20.4 Å². The molecule has 1 aromatic carbocycles. The second kappa shape index (κ2) is 8.17. The van der Waals surface area contributed by atoms with Gasteiger partial charge in [-0.1, -0.05) is 5.92 Å². The van der Waals surface area contributed by atoms with Gasteiger partial charge in [0.05, 0.1) is 6.61 Å². The Morgan fingerprint density at radius 1 is 1.43 bits per heavy atom. The molecule has 3 unspecified atom stereocenters. The fourth-order valence-corrected chi connectivity index (χ4v) is 4.42. The second-order valence-corrected chi connectivity index (χ2v) is 8.06. The van der Waals surface area contributed by atoms with E-state index in [4.69, 9.17) is 36.9 Å². The number of hydrogen-bond acceptors (Lipinski definition) is 8. The number of aliphatic hydroxyl groups is 2. The van der Waals surface area contributed by atoms with E-state index in [0.717, 1.165) is 0 Å². The van der Waals surface area contributed by atoms with Gasteiger partial charge >= 0.3 is 14.6 Å². The Morgan fingerprint density at radius 3 is 3.00 bits per heavy atom. The van der Waals surface area contributed by atoms with Gasteiger partial charge in [0.15, 0.2) is 4.77 Å². The Bertz CT molecular complexity index is 1130. The Hall–Kier alpha value is -2.16. The minimum Gasteiger partial charge on any atom is -0.426 e. The quantitative estimate of drug-likeness (QED) is 0.279. The normalized spacial score (nSPS) is 23.5. The van der Waals surface area contributed by atoms with Crippen molar-refractivity contribution in [2.75, 3.05) is 0 Å². The lowest BCUT2D eigenvalue weighted by Crippen LogP contribution is -2.44. The van der Waals surface area contributed by atoms with Crippen LogP contribution in [0.25, 0.3) is 0 Å². The molecule has 0 radical (unpaired) electrons. The van der Waals surface area contributed by atoms with E-state index in [1.807, 2.05) is 0 Å². The van der Waals surface area contributed by atoms with Crippen molar-refractivity contribution >= 4 is 20.8 Å². The van der Waals surface area contributed by atoms with Gasteiger partial charge in [0.2, 0.25) is 0 Å². The minimum absolute atomic E-state index is 0.00949. The number of H-pyrrole nitrogens is 1. The smallest absolute Gasteiger partial charge is 0.402 e. The number of rotatable bonds is 4. The number of halogens is 1. The lowest BCUT2D eigenvalue weighted by atomic mass is 10.2. The molecular weight excluding hydrogens is 438 g/mol. The summed E-state index contributed by atoms with van der Waals surface area (Å²) in [5.41, 5.74) is 0.0475. The number of hydrogen-bond donors (Lipinski definition) is 3. The molecule has 1 saturated heterocycles. The highest BCUT2D eigenvalue weighted by atomic mass is 32.1. The third-order valence-electron chi connectivity index (χ3n) is 4.58. The van der Waals surface area contributed by atoms with E-state index in [1.54, 1.807) is 0 Å². The van der Waals surface area contributed by atoms with Crippen molar-refractivity contribution < 1.29 is 32.9 Å². The molecule has 0 saturated carbocycles. The van der Waals surface area contributed by atoms with E-state index in [2.05, 4.69) is 10.9 Å². The summed E-state index contributed by atoms with van der Waals surface area (Å²) in [6.45, 7) is -0.00949. The minimum atomic E-state index is -2.72. The summed E-state index contributed by atoms with van der Waals surface area (Å²) < 4.78 is 36.5. The van der Waals surface area contributed by atoms with Gasteiger partial charge in [0.25, 0.3) is 5.56 Å². The number of aromatic nitrogens is 2. The molecule has 12 heteroatoms. The standard InChI is InChI=1S/C18H16FN2O7PS/c1-2-10-8-21(17(30)20-16(10)22)15-6-5-14(26-15)18(23,24)28-29-25-9-11-7-12(19)3-4-13(11)27-29/h1,3-4,7-8,14-15,23-24H,5-6,9H2,(H,20,22,30). The van der Waals surface area contributed by atoms with Gasteiger partial charge in [-0.3, -0.25) is 18.9 Å². The van der Waals surface area contributed by atoms with Crippen molar-refractivity contribution in [2.45, 2.75) is 37.8 Å². The molecule has 3 heterocycles. The molecule has 0 spiro atoms. The molecule has 9 nitrogen and oxygen atoms in total. The fourth-order valence-electron chi connectivity index (χ4n) is 3.10. The van der Waals surface area contributed by atoms with Crippen molar-refractivity contribution in [3.8, 4) is 18.1 Å². The van der Waals surface area contributed by atoms with Crippen molar-refractivity contribution in [2.24, 2.45) is 0 Å². The molecule has 158 valence electrons. The molecule has 0 amide bonds. The van der Waals surface area contributed by atoms with Gasteiger partial charge in [0, 0.05) is 11.8 Å². The molecule has 0 aliphatic carbocycles. The Balaban J connectivity index is 1.45. The van der Waals surface area contributed by atoms with Crippen molar-refractivity contribution in [3.05, 3.63) is 56.5 Å². The highest BCUT2D eigenvalue weighted by Gasteiger charge is 2.47. The van der Waals surface area contributed by atoms with E-state index in [9.17, 15) is 19.4 Å². The molecule has 1 fully saturated rings. The second-order valence-electron chi connectivity index (χ2n) is 6.60. The number of fused-ring (bicyclic) bond motifs is 1. The molecule has 2 aliphatic heterocycles. The van der Waals surface area contributed by atoms with Crippen LogP contribution >= 0.6 is 20.8 Å². The van der Waals surface area contributed by atoms with Crippen molar-refractivity contribution in [1.29, 1.82) is 0 Å². The SMILES string of the molecule is C#Cc1cn(C2CCC(C(O)(O)OP3OCc4cc(F)ccc4O3)O2)c(=S)[nH]c1=O. The lowest BCUT2D eigenvalue weighted by molar-refractivity contribution is -0.346. The first kappa shape index (κ1) is 21.1. The molecule has 0 bridgehead atoms. The predicted octanol–water partition coefficient (Wildman–Crippen LogP) is 2.19. The Kier molecular flexibility index (Phi) is 5.74. The average molecular weight is 454 g/mol. The van der Waals surface area contributed by atoms with Crippen LogP contribution in [0, 0.1) is 22.9 Å². The predicted molar refractivity (Wildman–Crippen MR) is 104 cm³/mol. The first-order valence-corrected chi connectivity index (χ1v) is 10.3. The summed E-state index contributed by atoms with van der Waals surface area (Å²) in [5.74, 6) is -0.584. The Morgan fingerprint density at radius 2 is 2.23 bits per heavy atom. The summed E-state index contributed by atoms with van der Waals surface area (Å²) in [7, 11) is -2.16. The zero-order valence-electron chi connectivity index (χ0n) is 15.3. The molecule has 1 aromatic heterocycles. The molecule has 2 aliphatic rings. The fraction of sp³-hybridized carbons (Fsp3) is 0.333. The largest absolute Gasteiger partial charge is 0.426 e. The van der Waals surface area contributed by atoms with Gasteiger partial charge in [0.1, 0.15) is 29.5 Å². The zero-order valence-corrected chi connectivity index (χ0v) is 17.0. The summed E-state index contributed by atoms with van der Waals surface area (Å²) in [4.78, 5) is 14.2. The van der Waals surface area contributed by atoms with Crippen LogP contribution in [0.15, 0.2) is 29.2 Å². The average Bonchev–Trinajstić information content (AvgIpc) is 3.19. The van der Waals surface area contributed by atoms with Crippen molar-refractivity contribution in [3.63, 3.8) is 0 Å². The van der Waals surface area contributed by atoms with E-state index < -0.39 is 38.3 Å². The van der Waals surface area contributed by atoms with E-state index >= 15 is 0 Å². The monoisotopic (exact) mass is 454 g/mol. The number of nitrogens with zero attached hydrogens (tertiary/aromatic N) is 1. The molecule has 4 rings (SSSR count). The lowest BCUT2D eigenvalue weighted by Gasteiger charge is -2.32. The third kappa shape index (κ3) is 4.17. The molecule has 3 N–H and O–H groups in total. The summed E-state index contributed by atoms with van der Waals surface area (Å²) in [6.07, 6.45) is 5.38. The summed E-state index contributed by atoms with van der Waals surface area (Å²) in [6, 6.07) is 3.88. The Labute approximate surface area is 176 Å². The highest BCUT2D eigenvalue weighted by molar-refractivity contribution is 7.71. The number of benzene rings is 1. The van der Waals surface area contributed by atoms with E-state index in [0.29, 0.717) is 17.7 Å². The van der Waals surface area contributed by atoms with Crippen LogP contribution in [0.2, 0.25) is 0 Å². The van der Waals surface area contributed by atoms with Crippen LogP contribution < -0.4 is 10.1 Å². The first-order valence-electron chi connectivity index (χ1n) is 8.77. The highest BCUT2D eigenvalue weighted by Crippen LogP contribution is 2.50. The first-order chi connectivity index (χ1) is 14.3. The molecule has 3 atom stereocenters. The third-order valence-corrected chi connectivity index (χ3v) is 6.00. The van der Waals surface area contributed by atoms with E-state index in [1.165, 1.54) is 29.0 Å². The number of ether oxygens (including phenoxy) is 1. The number of terminal acetylenes is 1. The van der Waals surface area contributed by atoms with E-state index in [-0.39, 0.29) is 23.4 Å². The van der Waals surface area contributed by atoms with Gasteiger partial charge in [-0.2, -0.15) is 0 Å².